The Balaban J connectivity index is 1.64. The van der Waals surface area contributed by atoms with Crippen LogP contribution in [-0.2, 0) is 6.42 Å². The van der Waals surface area contributed by atoms with Gasteiger partial charge in [-0.2, -0.15) is 5.10 Å². The Labute approximate surface area is 150 Å². The average molecular weight is 349 g/mol. The van der Waals surface area contributed by atoms with Crippen LogP contribution >= 0.6 is 11.3 Å². The molecule has 5 nitrogen and oxygen atoms in total. The minimum absolute atomic E-state index is 0.546. The van der Waals surface area contributed by atoms with E-state index in [1.54, 1.807) is 11.3 Å². The zero-order chi connectivity index (χ0) is 17.2. The fourth-order valence-electron chi connectivity index (χ4n) is 2.99. The zero-order valence-corrected chi connectivity index (χ0v) is 15.1. The lowest BCUT2D eigenvalue weighted by Gasteiger charge is -2.12. The number of rotatable bonds is 3. The average Bonchev–Trinajstić information content (AvgIpc) is 3.05. The van der Waals surface area contributed by atoms with Crippen LogP contribution in [0.4, 0.5) is 5.95 Å². The molecule has 0 spiro atoms. The summed E-state index contributed by atoms with van der Waals surface area (Å²) < 4.78 is 0. The van der Waals surface area contributed by atoms with Crippen molar-refractivity contribution in [1.82, 2.24) is 15.0 Å². The summed E-state index contributed by atoms with van der Waals surface area (Å²) in [6, 6.07) is 12.3. The number of hydrogen-bond donors (Lipinski definition) is 1. The molecule has 1 aliphatic rings. The van der Waals surface area contributed by atoms with E-state index in [9.17, 15) is 0 Å². The van der Waals surface area contributed by atoms with E-state index >= 15 is 0 Å². The van der Waals surface area contributed by atoms with Crippen molar-refractivity contribution < 1.29 is 0 Å². The lowest BCUT2D eigenvalue weighted by atomic mass is 10.0. The van der Waals surface area contributed by atoms with Crippen LogP contribution in [0.3, 0.4) is 0 Å². The number of thiazole rings is 1. The van der Waals surface area contributed by atoms with Gasteiger partial charge in [-0.25, -0.2) is 20.4 Å². The van der Waals surface area contributed by atoms with Gasteiger partial charge in [0, 0.05) is 17.0 Å². The second-order valence-corrected chi connectivity index (χ2v) is 7.16. The molecule has 2 aromatic heterocycles. The van der Waals surface area contributed by atoms with Crippen LogP contribution in [0.5, 0.6) is 0 Å². The zero-order valence-electron chi connectivity index (χ0n) is 14.3. The van der Waals surface area contributed by atoms with E-state index in [1.165, 1.54) is 4.88 Å². The Kier molecular flexibility index (Phi) is 4.28. The molecule has 0 amide bonds. The van der Waals surface area contributed by atoms with Crippen LogP contribution in [0, 0.1) is 13.8 Å². The van der Waals surface area contributed by atoms with Crippen molar-refractivity contribution in [2.45, 2.75) is 33.1 Å². The summed E-state index contributed by atoms with van der Waals surface area (Å²) in [4.78, 5) is 14.8. The molecule has 0 atom stereocenters. The Morgan fingerprint density at radius 1 is 1.00 bits per heavy atom. The molecule has 6 heteroatoms. The molecule has 25 heavy (non-hydrogen) atoms. The highest BCUT2D eigenvalue weighted by atomic mass is 32.1. The first-order valence-corrected chi connectivity index (χ1v) is 9.21. The van der Waals surface area contributed by atoms with E-state index in [1.807, 2.05) is 38.1 Å². The van der Waals surface area contributed by atoms with Gasteiger partial charge in [0.1, 0.15) is 5.01 Å². The van der Waals surface area contributed by atoms with Gasteiger partial charge in [0.15, 0.2) is 0 Å². The quantitative estimate of drug-likeness (QED) is 0.713. The molecular formula is C19H19N5S. The van der Waals surface area contributed by atoms with E-state index in [0.717, 1.165) is 52.6 Å². The highest BCUT2D eigenvalue weighted by Crippen LogP contribution is 2.32. The molecule has 0 unspecified atom stereocenters. The van der Waals surface area contributed by atoms with Crippen LogP contribution in [0.25, 0.3) is 10.6 Å². The Morgan fingerprint density at radius 3 is 2.52 bits per heavy atom. The summed E-state index contributed by atoms with van der Waals surface area (Å²) in [5, 5.41) is 5.65. The Morgan fingerprint density at radius 2 is 1.76 bits per heavy atom. The van der Waals surface area contributed by atoms with Gasteiger partial charge < -0.3 is 0 Å². The molecule has 0 saturated carbocycles. The Bertz CT molecular complexity index is 910. The van der Waals surface area contributed by atoms with E-state index in [4.69, 9.17) is 4.98 Å². The van der Waals surface area contributed by atoms with Crippen LogP contribution in [0.15, 0.2) is 41.5 Å². The van der Waals surface area contributed by atoms with Crippen LogP contribution in [0.2, 0.25) is 0 Å². The maximum Gasteiger partial charge on any atom is 0.243 e. The molecule has 0 saturated heterocycles. The van der Waals surface area contributed by atoms with Gasteiger partial charge in [0.25, 0.3) is 0 Å². The molecule has 0 fully saturated rings. The highest BCUT2D eigenvalue weighted by molar-refractivity contribution is 7.17. The Hall–Kier alpha value is -2.60. The van der Waals surface area contributed by atoms with Crippen LogP contribution in [0.1, 0.15) is 34.8 Å². The molecule has 3 aromatic rings. The number of hydrazone groups is 1. The first kappa shape index (κ1) is 15.9. The molecular weight excluding hydrogens is 330 g/mol. The molecule has 0 radical (unpaired) electrons. The second-order valence-electron chi connectivity index (χ2n) is 6.16. The van der Waals surface area contributed by atoms with Gasteiger partial charge >= 0.3 is 0 Å². The lowest BCUT2D eigenvalue weighted by Crippen LogP contribution is -2.12. The fraction of sp³-hybridized carbons (Fsp3) is 0.263. The van der Waals surface area contributed by atoms with Crippen molar-refractivity contribution in [2.75, 3.05) is 5.43 Å². The molecule has 4 rings (SSSR count). The third-order valence-electron chi connectivity index (χ3n) is 4.08. The minimum Gasteiger partial charge on any atom is -0.245 e. The van der Waals surface area contributed by atoms with Crippen molar-refractivity contribution in [2.24, 2.45) is 5.10 Å². The number of nitrogens with zero attached hydrogens (tertiary/aromatic N) is 4. The first-order valence-electron chi connectivity index (χ1n) is 8.39. The predicted octanol–water partition coefficient (Wildman–Crippen LogP) is 4.37. The number of hydrogen-bond acceptors (Lipinski definition) is 6. The number of fused-ring (bicyclic) bond motifs is 1. The summed E-state index contributed by atoms with van der Waals surface area (Å²) >= 11 is 1.72. The SMILES string of the molecule is Cc1cc(C)nc(NN=C2CCCc3nc(-c4ccccc4)sc32)n1. The van der Waals surface area contributed by atoms with Crippen molar-refractivity contribution in [1.29, 1.82) is 0 Å². The normalized spacial score (nSPS) is 15.2. The van der Waals surface area contributed by atoms with Crippen molar-refractivity contribution in [3.05, 3.63) is 58.4 Å². The van der Waals surface area contributed by atoms with Gasteiger partial charge in [-0.05, 0) is 39.2 Å². The summed E-state index contributed by atoms with van der Waals surface area (Å²) in [5.41, 5.74) is 8.25. The van der Waals surface area contributed by atoms with Gasteiger partial charge in [-0.15, -0.1) is 11.3 Å². The summed E-state index contributed by atoms with van der Waals surface area (Å²) in [6.07, 6.45) is 3.03. The van der Waals surface area contributed by atoms with E-state index in [-0.39, 0.29) is 0 Å². The smallest absolute Gasteiger partial charge is 0.243 e. The van der Waals surface area contributed by atoms with Gasteiger partial charge in [-0.3, -0.25) is 0 Å². The monoisotopic (exact) mass is 349 g/mol. The van der Waals surface area contributed by atoms with Gasteiger partial charge in [-0.1, -0.05) is 30.3 Å². The number of aromatic nitrogens is 3. The van der Waals surface area contributed by atoms with Crippen LogP contribution in [-0.4, -0.2) is 20.7 Å². The molecule has 0 bridgehead atoms. The van der Waals surface area contributed by atoms with Crippen molar-refractivity contribution in [3.63, 3.8) is 0 Å². The molecule has 0 aliphatic heterocycles. The summed E-state index contributed by atoms with van der Waals surface area (Å²) in [6.45, 7) is 3.92. The molecule has 1 aromatic carbocycles. The summed E-state index contributed by atoms with van der Waals surface area (Å²) in [7, 11) is 0. The highest BCUT2D eigenvalue weighted by Gasteiger charge is 2.21. The van der Waals surface area contributed by atoms with Crippen molar-refractivity contribution >= 4 is 23.0 Å². The topological polar surface area (TPSA) is 63.1 Å². The minimum atomic E-state index is 0.546. The fourth-order valence-corrected chi connectivity index (χ4v) is 4.12. The third-order valence-corrected chi connectivity index (χ3v) is 5.28. The van der Waals surface area contributed by atoms with Gasteiger partial charge in [0.2, 0.25) is 5.95 Å². The van der Waals surface area contributed by atoms with Crippen molar-refractivity contribution in [3.8, 4) is 10.6 Å². The molecule has 1 aliphatic carbocycles. The first-order chi connectivity index (χ1) is 12.2. The van der Waals surface area contributed by atoms with E-state index in [2.05, 4.69) is 32.6 Å². The summed E-state index contributed by atoms with van der Waals surface area (Å²) in [5.74, 6) is 0.546. The van der Waals surface area contributed by atoms with E-state index in [0.29, 0.717) is 5.95 Å². The number of aryl methyl sites for hydroxylation is 3. The molecule has 126 valence electrons. The molecule has 1 N–H and O–H groups in total. The number of nitrogens with one attached hydrogen (secondary N) is 1. The third kappa shape index (κ3) is 3.44. The number of anilines is 1. The maximum absolute atomic E-state index is 4.83. The largest absolute Gasteiger partial charge is 0.245 e. The van der Waals surface area contributed by atoms with Gasteiger partial charge in [0.05, 0.1) is 16.3 Å². The number of benzene rings is 1. The maximum atomic E-state index is 4.83. The standard InChI is InChI=1S/C19H19N5S/c1-12-11-13(2)21-19(20-12)24-23-16-10-6-9-15-17(16)25-18(22-15)14-7-4-3-5-8-14/h3-5,7-8,11H,6,9-10H2,1-2H3,(H,20,21,24). The lowest BCUT2D eigenvalue weighted by molar-refractivity contribution is 0.819. The van der Waals surface area contributed by atoms with Crippen LogP contribution < -0.4 is 5.43 Å². The second kappa shape index (κ2) is 6.72. The van der Waals surface area contributed by atoms with E-state index < -0.39 is 0 Å². The predicted molar refractivity (Wildman–Crippen MR) is 102 cm³/mol. The molecule has 2 heterocycles.